The lowest BCUT2D eigenvalue weighted by molar-refractivity contribution is -0.126. The zero-order valence-electron chi connectivity index (χ0n) is 13.5. The predicted molar refractivity (Wildman–Crippen MR) is 93.5 cm³/mol. The summed E-state index contributed by atoms with van der Waals surface area (Å²) in [5.41, 5.74) is 7.54. The fraction of sp³-hybridized carbons (Fsp3) is 0.529. The van der Waals surface area contributed by atoms with Crippen molar-refractivity contribution in [2.45, 2.75) is 45.2 Å². The van der Waals surface area contributed by atoms with Crippen LogP contribution in [0.5, 0.6) is 0 Å². The van der Waals surface area contributed by atoms with E-state index in [0.717, 1.165) is 31.2 Å². The molecular weight excluding hydrogens is 314 g/mol. The molecule has 0 bridgehead atoms. The number of benzene rings is 1. The molecule has 2 unspecified atom stereocenters. The Morgan fingerprint density at radius 2 is 1.87 bits per heavy atom. The van der Waals surface area contributed by atoms with Gasteiger partial charge in [0, 0.05) is 30.6 Å². The van der Waals surface area contributed by atoms with Gasteiger partial charge in [-0.2, -0.15) is 0 Å². The third-order valence-corrected chi connectivity index (χ3v) is 4.11. The first-order valence-corrected chi connectivity index (χ1v) is 8.00. The van der Waals surface area contributed by atoms with Gasteiger partial charge in [0.1, 0.15) is 0 Å². The number of nitrogens with two attached hydrogens (primary N) is 1. The van der Waals surface area contributed by atoms with Crippen molar-refractivity contribution in [1.29, 1.82) is 0 Å². The second-order valence-corrected chi connectivity index (χ2v) is 5.90. The second kappa shape index (κ2) is 9.53. The number of amides is 2. The van der Waals surface area contributed by atoms with Crippen LogP contribution in [0.2, 0.25) is 0 Å². The van der Waals surface area contributed by atoms with E-state index in [1.54, 1.807) is 12.1 Å². The van der Waals surface area contributed by atoms with E-state index < -0.39 is 0 Å². The van der Waals surface area contributed by atoms with Gasteiger partial charge in [-0.05, 0) is 43.9 Å². The van der Waals surface area contributed by atoms with Crippen molar-refractivity contribution in [1.82, 2.24) is 10.6 Å². The van der Waals surface area contributed by atoms with E-state index in [1.165, 1.54) is 0 Å². The lowest BCUT2D eigenvalue weighted by atomic mass is 9.85. The minimum absolute atomic E-state index is 0. The van der Waals surface area contributed by atoms with Crippen molar-refractivity contribution in [2.75, 3.05) is 6.54 Å². The van der Waals surface area contributed by atoms with Crippen molar-refractivity contribution in [3.05, 3.63) is 35.4 Å². The van der Waals surface area contributed by atoms with Crippen molar-refractivity contribution in [2.24, 2.45) is 11.7 Å². The molecular formula is C17H26ClN3O2. The first-order valence-electron chi connectivity index (χ1n) is 8.00. The molecule has 0 spiro atoms. The average Bonchev–Trinajstić information content (AvgIpc) is 2.53. The molecule has 4 N–H and O–H groups in total. The number of rotatable bonds is 5. The number of carbonyl (C=O) groups excluding carboxylic acids is 2. The SMILES string of the molecule is CCNC(=O)c1ccc(CNC(=O)C2CCCC(N)C2)cc1.Cl. The molecule has 1 fully saturated rings. The summed E-state index contributed by atoms with van der Waals surface area (Å²) in [6.07, 6.45) is 3.75. The topological polar surface area (TPSA) is 84.2 Å². The van der Waals surface area contributed by atoms with Crippen LogP contribution in [-0.2, 0) is 11.3 Å². The summed E-state index contributed by atoms with van der Waals surface area (Å²) in [5.74, 6) is 0.0515. The lowest BCUT2D eigenvalue weighted by Gasteiger charge is -2.25. The van der Waals surface area contributed by atoms with E-state index in [9.17, 15) is 9.59 Å². The van der Waals surface area contributed by atoms with Crippen molar-refractivity contribution < 1.29 is 9.59 Å². The highest BCUT2D eigenvalue weighted by Gasteiger charge is 2.24. The van der Waals surface area contributed by atoms with Crippen LogP contribution < -0.4 is 16.4 Å². The monoisotopic (exact) mass is 339 g/mol. The molecule has 2 atom stereocenters. The van der Waals surface area contributed by atoms with Gasteiger partial charge in [-0.15, -0.1) is 12.4 Å². The smallest absolute Gasteiger partial charge is 0.251 e. The zero-order valence-corrected chi connectivity index (χ0v) is 14.3. The molecule has 6 heteroatoms. The van der Waals surface area contributed by atoms with Crippen LogP contribution in [0.25, 0.3) is 0 Å². The van der Waals surface area contributed by atoms with Gasteiger partial charge in [0.25, 0.3) is 5.91 Å². The van der Waals surface area contributed by atoms with Crippen LogP contribution in [0.3, 0.4) is 0 Å². The van der Waals surface area contributed by atoms with E-state index in [1.807, 2.05) is 19.1 Å². The van der Waals surface area contributed by atoms with E-state index >= 15 is 0 Å². The van der Waals surface area contributed by atoms with Crippen LogP contribution in [0.4, 0.5) is 0 Å². The molecule has 1 saturated carbocycles. The normalized spacial score (nSPS) is 20.3. The number of carbonyl (C=O) groups is 2. The van der Waals surface area contributed by atoms with Crippen LogP contribution >= 0.6 is 12.4 Å². The van der Waals surface area contributed by atoms with Crippen LogP contribution in [-0.4, -0.2) is 24.4 Å². The fourth-order valence-electron chi connectivity index (χ4n) is 2.84. The fourth-order valence-corrected chi connectivity index (χ4v) is 2.84. The Kier molecular flexibility index (Phi) is 8.06. The molecule has 0 aliphatic heterocycles. The Balaban J connectivity index is 0.00000264. The number of nitrogens with one attached hydrogen (secondary N) is 2. The van der Waals surface area contributed by atoms with Gasteiger partial charge in [0.05, 0.1) is 0 Å². The molecule has 5 nitrogen and oxygen atoms in total. The quantitative estimate of drug-likeness (QED) is 0.767. The van der Waals surface area contributed by atoms with Crippen molar-refractivity contribution in [3.63, 3.8) is 0 Å². The highest BCUT2D eigenvalue weighted by Crippen LogP contribution is 2.23. The molecule has 23 heavy (non-hydrogen) atoms. The Hall–Kier alpha value is -1.59. The van der Waals surface area contributed by atoms with Crippen LogP contribution in [0, 0.1) is 5.92 Å². The van der Waals surface area contributed by atoms with Crippen molar-refractivity contribution in [3.8, 4) is 0 Å². The third kappa shape index (κ3) is 5.84. The highest BCUT2D eigenvalue weighted by molar-refractivity contribution is 5.94. The van der Waals surface area contributed by atoms with Gasteiger partial charge in [-0.1, -0.05) is 18.6 Å². The summed E-state index contributed by atoms with van der Waals surface area (Å²) in [6, 6.07) is 7.46. The molecule has 128 valence electrons. The molecule has 0 saturated heterocycles. The summed E-state index contributed by atoms with van der Waals surface area (Å²) in [6.45, 7) is 2.99. The number of hydrogen-bond acceptors (Lipinski definition) is 3. The molecule has 2 rings (SSSR count). The first-order chi connectivity index (χ1) is 10.6. The first kappa shape index (κ1) is 19.5. The van der Waals surface area contributed by atoms with Gasteiger partial charge in [-0.25, -0.2) is 0 Å². The maximum atomic E-state index is 12.1. The third-order valence-electron chi connectivity index (χ3n) is 4.11. The minimum atomic E-state index is -0.0747. The standard InChI is InChI=1S/C17H25N3O2.ClH/c1-2-19-16(21)13-8-6-12(7-9-13)11-20-17(22)14-4-3-5-15(18)10-14;/h6-9,14-15H,2-5,10-11,18H2,1H3,(H,19,21)(H,20,22);1H. The Morgan fingerprint density at radius 1 is 1.17 bits per heavy atom. The van der Waals surface area contributed by atoms with E-state index in [0.29, 0.717) is 18.7 Å². The summed E-state index contributed by atoms with van der Waals surface area (Å²) >= 11 is 0. The number of halogens is 1. The molecule has 0 heterocycles. The summed E-state index contributed by atoms with van der Waals surface area (Å²) in [5, 5.41) is 5.73. The van der Waals surface area contributed by atoms with Gasteiger partial charge in [0.15, 0.2) is 0 Å². The maximum Gasteiger partial charge on any atom is 0.251 e. The Labute approximate surface area is 143 Å². The summed E-state index contributed by atoms with van der Waals surface area (Å²) in [7, 11) is 0. The van der Waals surface area contributed by atoms with Gasteiger partial charge in [-0.3, -0.25) is 9.59 Å². The molecule has 1 aliphatic rings. The zero-order chi connectivity index (χ0) is 15.9. The molecule has 1 aromatic rings. The molecule has 1 aliphatic carbocycles. The van der Waals surface area contributed by atoms with Crippen LogP contribution in [0.15, 0.2) is 24.3 Å². The van der Waals surface area contributed by atoms with Crippen molar-refractivity contribution >= 4 is 24.2 Å². The summed E-state index contributed by atoms with van der Waals surface area (Å²) in [4.78, 5) is 23.8. The molecule has 0 radical (unpaired) electrons. The maximum absolute atomic E-state index is 12.1. The van der Waals surface area contributed by atoms with E-state index in [4.69, 9.17) is 5.73 Å². The predicted octanol–water partition coefficient (Wildman–Crippen LogP) is 1.99. The lowest BCUT2D eigenvalue weighted by Crippen LogP contribution is -2.37. The Morgan fingerprint density at radius 3 is 2.48 bits per heavy atom. The minimum Gasteiger partial charge on any atom is -0.352 e. The number of hydrogen-bond donors (Lipinski definition) is 3. The molecule has 1 aromatic carbocycles. The molecule has 0 aromatic heterocycles. The van der Waals surface area contributed by atoms with Gasteiger partial charge >= 0.3 is 0 Å². The average molecular weight is 340 g/mol. The van der Waals surface area contributed by atoms with Gasteiger partial charge in [0.2, 0.25) is 5.91 Å². The second-order valence-electron chi connectivity index (χ2n) is 5.90. The van der Waals surface area contributed by atoms with E-state index in [2.05, 4.69) is 10.6 Å². The molecule has 2 amide bonds. The van der Waals surface area contributed by atoms with E-state index in [-0.39, 0.29) is 36.2 Å². The van der Waals surface area contributed by atoms with Gasteiger partial charge < -0.3 is 16.4 Å². The largest absolute Gasteiger partial charge is 0.352 e. The van der Waals surface area contributed by atoms with Crippen LogP contribution in [0.1, 0.15) is 48.5 Å². The highest BCUT2D eigenvalue weighted by atomic mass is 35.5. The summed E-state index contributed by atoms with van der Waals surface area (Å²) < 4.78 is 0. The Bertz CT molecular complexity index is 519.